The summed E-state index contributed by atoms with van der Waals surface area (Å²) in [6.07, 6.45) is 5.14. The number of piperidine rings is 1. The van der Waals surface area contributed by atoms with E-state index in [-0.39, 0.29) is 24.0 Å². The van der Waals surface area contributed by atoms with Crippen LogP contribution in [0.4, 0.5) is 0 Å². The van der Waals surface area contributed by atoms with Crippen LogP contribution in [0.3, 0.4) is 0 Å². The molecule has 1 heterocycles. The normalized spacial score (nSPS) is 16.0. The van der Waals surface area contributed by atoms with Gasteiger partial charge in [0.2, 0.25) is 0 Å². The van der Waals surface area contributed by atoms with E-state index in [4.69, 9.17) is 4.74 Å². The zero-order valence-corrected chi connectivity index (χ0v) is 18.6. The molecule has 0 amide bonds. The molecular weight excluding hydrogens is 439 g/mol. The van der Waals surface area contributed by atoms with Crippen molar-refractivity contribution >= 4 is 29.9 Å². The van der Waals surface area contributed by atoms with Gasteiger partial charge in [-0.3, -0.25) is 4.99 Å². The second-order valence-corrected chi connectivity index (χ2v) is 6.82. The number of ether oxygens (including phenoxy) is 1. The average Bonchev–Trinajstić information content (AvgIpc) is 2.65. The van der Waals surface area contributed by atoms with Crippen LogP contribution in [0.1, 0.15) is 32.6 Å². The number of hydrogen-bond acceptors (Lipinski definition) is 3. The molecule has 1 fully saturated rings. The molecule has 0 bridgehead atoms. The van der Waals surface area contributed by atoms with Gasteiger partial charge in [-0.25, -0.2) is 0 Å². The maximum absolute atomic E-state index is 5.67. The highest BCUT2D eigenvalue weighted by Gasteiger charge is 2.14. The Bertz CT molecular complexity index is 490. The monoisotopic (exact) mass is 474 g/mol. The van der Waals surface area contributed by atoms with Crippen LogP contribution in [0.25, 0.3) is 0 Å². The van der Waals surface area contributed by atoms with Crippen LogP contribution in [0.2, 0.25) is 0 Å². The van der Waals surface area contributed by atoms with Gasteiger partial charge in [0.15, 0.2) is 5.96 Å². The van der Waals surface area contributed by atoms with Crippen molar-refractivity contribution in [2.75, 3.05) is 46.4 Å². The van der Waals surface area contributed by atoms with Crippen molar-refractivity contribution < 1.29 is 4.74 Å². The second kappa shape index (κ2) is 14.1. The Morgan fingerprint density at radius 2 is 1.81 bits per heavy atom. The van der Waals surface area contributed by atoms with E-state index in [1.165, 1.54) is 45.3 Å². The molecule has 148 valence electrons. The summed E-state index contributed by atoms with van der Waals surface area (Å²) >= 11 is 0. The number of nitrogens with one attached hydrogen (secondary N) is 2. The van der Waals surface area contributed by atoms with Crippen molar-refractivity contribution in [3.05, 3.63) is 30.3 Å². The number of halogens is 1. The molecule has 5 nitrogen and oxygen atoms in total. The van der Waals surface area contributed by atoms with Crippen LogP contribution >= 0.6 is 24.0 Å². The summed E-state index contributed by atoms with van der Waals surface area (Å²) in [7, 11) is 1.81. The van der Waals surface area contributed by atoms with Gasteiger partial charge in [-0.2, -0.15) is 0 Å². The number of likely N-dealkylation sites (tertiary alicyclic amines) is 1. The minimum atomic E-state index is 0. The lowest BCUT2D eigenvalue weighted by atomic mass is 9.99. The van der Waals surface area contributed by atoms with Gasteiger partial charge in [0, 0.05) is 13.6 Å². The third-order valence-electron chi connectivity index (χ3n) is 4.70. The van der Waals surface area contributed by atoms with Gasteiger partial charge in [-0.05, 0) is 63.4 Å². The molecule has 26 heavy (non-hydrogen) atoms. The molecule has 1 aromatic carbocycles. The predicted molar refractivity (Wildman–Crippen MR) is 121 cm³/mol. The topological polar surface area (TPSA) is 48.9 Å². The highest BCUT2D eigenvalue weighted by molar-refractivity contribution is 14.0. The summed E-state index contributed by atoms with van der Waals surface area (Å²) in [4.78, 5) is 6.86. The van der Waals surface area contributed by atoms with Crippen LogP contribution in [0.5, 0.6) is 5.75 Å². The van der Waals surface area contributed by atoms with E-state index in [0.717, 1.165) is 30.7 Å². The predicted octanol–water partition coefficient (Wildman–Crippen LogP) is 3.36. The van der Waals surface area contributed by atoms with Crippen LogP contribution in [-0.4, -0.2) is 57.2 Å². The molecule has 0 atom stereocenters. The largest absolute Gasteiger partial charge is 0.492 e. The van der Waals surface area contributed by atoms with Crippen LogP contribution in [-0.2, 0) is 0 Å². The highest BCUT2D eigenvalue weighted by Crippen LogP contribution is 2.16. The molecule has 2 rings (SSSR count). The second-order valence-electron chi connectivity index (χ2n) is 6.82. The zero-order chi connectivity index (χ0) is 17.7. The van der Waals surface area contributed by atoms with E-state index in [1.807, 2.05) is 37.4 Å². The molecule has 0 spiro atoms. The van der Waals surface area contributed by atoms with E-state index >= 15 is 0 Å². The molecule has 1 saturated heterocycles. The van der Waals surface area contributed by atoms with Crippen molar-refractivity contribution in [3.8, 4) is 5.75 Å². The van der Waals surface area contributed by atoms with Crippen molar-refractivity contribution in [1.82, 2.24) is 15.5 Å². The highest BCUT2D eigenvalue weighted by atomic mass is 127. The summed E-state index contributed by atoms with van der Waals surface area (Å²) in [5.74, 6) is 2.67. The van der Waals surface area contributed by atoms with E-state index < -0.39 is 0 Å². The lowest BCUT2D eigenvalue weighted by Gasteiger charge is -2.30. The molecule has 1 aromatic rings. The first kappa shape index (κ1) is 23.0. The summed E-state index contributed by atoms with van der Waals surface area (Å²) in [6.45, 7) is 8.47. The van der Waals surface area contributed by atoms with Crippen molar-refractivity contribution in [2.45, 2.75) is 32.6 Å². The number of guanidine groups is 1. The first-order chi connectivity index (χ1) is 12.3. The van der Waals surface area contributed by atoms with Gasteiger partial charge in [0.1, 0.15) is 12.4 Å². The smallest absolute Gasteiger partial charge is 0.191 e. The standard InChI is InChI=1S/C20H34N4O.HI/c1-18-10-15-24(16-11-18)14-7-6-12-22-20(21-2)23-13-17-25-19-8-4-3-5-9-19;/h3-5,8-9,18H,6-7,10-17H2,1-2H3,(H2,21,22,23);1H. The lowest BCUT2D eigenvalue weighted by molar-refractivity contribution is 0.189. The number of para-hydroxylation sites is 1. The van der Waals surface area contributed by atoms with Gasteiger partial charge in [-0.1, -0.05) is 25.1 Å². The van der Waals surface area contributed by atoms with Crippen LogP contribution < -0.4 is 15.4 Å². The van der Waals surface area contributed by atoms with Crippen LogP contribution in [0, 0.1) is 5.92 Å². The van der Waals surface area contributed by atoms with E-state index in [9.17, 15) is 0 Å². The molecule has 0 aromatic heterocycles. The zero-order valence-electron chi connectivity index (χ0n) is 16.2. The molecule has 0 unspecified atom stereocenters. The van der Waals surface area contributed by atoms with Crippen LogP contribution in [0.15, 0.2) is 35.3 Å². The molecular formula is C20H35IN4O. The Labute approximate surface area is 176 Å². The number of unbranched alkanes of at least 4 members (excludes halogenated alkanes) is 1. The van der Waals surface area contributed by atoms with Crippen molar-refractivity contribution in [2.24, 2.45) is 10.9 Å². The SMILES string of the molecule is CN=C(NCCCCN1CCC(C)CC1)NCCOc1ccccc1.I. The lowest BCUT2D eigenvalue weighted by Crippen LogP contribution is -2.40. The number of nitrogens with zero attached hydrogens (tertiary/aromatic N) is 2. The molecule has 2 N–H and O–H groups in total. The van der Waals surface area contributed by atoms with E-state index in [2.05, 4.69) is 27.4 Å². The molecule has 1 aliphatic heterocycles. The Morgan fingerprint density at radius 3 is 2.50 bits per heavy atom. The van der Waals surface area contributed by atoms with Crippen molar-refractivity contribution in [1.29, 1.82) is 0 Å². The van der Waals surface area contributed by atoms with Gasteiger partial charge < -0.3 is 20.3 Å². The number of aliphatic imine (C=N–C) groups is 1. The summed E-state index contributed by atoms with van der Waals surface area (Å²) < 4.78 is 5.67. The van der Waals surface area contributed by atoms with Gasteiger partial charge in [0.25, 0.3) is 0 Å². The van der Waals surface area contributed by atoms with Gasteiger partial charge in [0.05, 0.1) is 6.54 Å². The van der Waals surface area contributed by atoms with Crippen molar-refractivity contribution in [3.63, 3.8) is 0 Å². The van der Waals surface area contributed by atoms with Gasteiger partial charge in [-0.15, -0.1) is 24.0 Å². The fourth-order valence-electron chi connectivity index (χ4n) is 3.03. The Kier molecular flexibility index (Phi) is 12.5. The minimum Gasteiger partial charge on any atom is -0.492 e. The third-order valence-corrected chi connectivity index (χ3v) is 4.70. The maximum atomic E-state index is 5.67. The molecule has 0 radical (unpaired) electrons. The Balaban J connectivity index is 0.00000338. The summed E-state index contributed by atoms with van der Waals surface area (Å²) in [6, 6.07) is 9.89. The van der Waals surface area contributed by atoms with E-state index in [1.54, 1.807) is 0 Å². The summed E-state index contributed by atoms with van der Waals surface area (Å²) in [5, 5.41) is 6.67. The Hall–Kier alpha value is -1.02. The molecule has 0 saturated carbocycles. The van der Waals surface area contributed by atoms with Gasteiger partial charge >= 0.3 is 0 Å². The number of benzene rings is 1. The first-order valence-electron chi connectivity index (χ1n) is 9.62. The Morgan fingerprint density at radius 1 is 1.12 bits per heavy atom. The minimum absolute atomic E-state index is 0. The van der Waals surface area contributed by atoms with E-state index in [0.29, 0.717) is 6.61 Å². The molecule has 0 aliphatic carbocycles. The third kappa shape index (κ3) is 9.62. The molecule has 1 aliphatic rings. The fourth-order valence-corrected chi connectivity index (χ4v) is 3.03. The first-order valence-corrected chi connectivity index (χ1v) is 9.62. The summed E-state index contributed by atoms with van der Waals surface area (Å²) in [5.41, 5.74) is 0. The molecule has 6 heteroatoms. The quantitative estimate of drug-likeness (QED) is 0.250. The fraction of sp³-hybridized carbons (Fsp3) is 0.650. The average molecular weight is 474 g/mol. The maximum Gasteiger partial charge on any atom is 0.191 e. The number of hydrogen-bond donors (Lipinski definition) is 2. The number of rotatable bonds is 9.